The molecule has 0 heterocycles. The van der Waals surface area contributed by atoms with Gasteiger partial charge in [0, 0.05) is 20.3 Å². The van der Waals surface area contributed by atoms with Crippen LogP contribution in [0.15, 0.2) is 12.2 Å². The summed E-state index contributed by atoms with van der Waals surface area (Å²) in [6.07, 6.45) is 6.11. The summed E-state index contributed by atoms with van der Waals surface area (Å²) in [5.41, 5.74) is 0. The van der Waals surface area contributed by atoms with E-state index in [2.05, 4.69) is 6.92 Å². The molecule has 6 heteroatoms. The molecule has 0 amide bonds. The second-order valence-corrected chi connectivity index (χ2v) is 7.69. The number of allylic oxidation sites excluding steroid dienone is 1. The number of hydrogen-bond acceptors (Lipinski definition) is 5. The van der Waals surface area contributed by atoms with Crippen LogP contribution < -0.4 is 0 Å². The zero-order chi connectivity index (χ0) is 16.1. The highest BCUT2D eigenvalue weighted by atomic mass is 28.4. The Labute approximate surface area is 130 Å². The Hall–Kier alpha value is -0.533. The molecule has 5 nitrogen and oxygen atoms in total. The van der Waals surface area contributed by atoms with E-state index < -0.39 is 15.1 Å². The maximum Gasteiger partial charge on any atom is 0.502 e. The molecule has 0 saturated carbocycles. The average molecular weight is 318 g/mol. The maximum atomic E-state index is 12.1. The lowest BCUT2D eigenvalue weighted by molar-refractivity contribution is -0.154. The van der Waals surface area contributed by atoms with E-state index in [4.69, 9.17) is 18.0 Å². The Kier molecular flexibility index (Phi) is 11.7. The fourth-order valence-corrected chi connectivity index (χ4v) is 3.88. The molecule has 0 radical (unpaired) electrons. The highest BCUT2D eigenvalue weighted by molar-refractivity contribution is 6.60. The first-order chi connectivity index (χ1) is 10.1. The van der Waals surface area contributed by atoms with Crippen LogP contribution in [0.5, 0.6) is 0 Å². The van der Waals surface area contributed by atoms with Crippen LogP contribution in [-0.2, 0) is 22.8 Å². The quantitative estimate of drug-likeness (QED) is 0.226. The Morgan fingerprint density at radius 1 is 1.14 bits per heavy atom. The van der Waals surface area contributed by atoms with Gasteiger partial charge in [0.15, 0.2) is 0 Å². The van der Waals surface area contributed by atoms with Gasteiger partial charge in [-0.3, -0.25) is 4.79 Å². The molecule has 0 aromatic rings. The standard InChI is InChI=1S/C15H30O5Si/c1-6-9-10-12-19-15(14(16)11-7-2)20-21(17-4,18-5)13-8-3/h7,11,15H,6,8-10,12-13H2,1-5H3. The first kappa shape index (κ1) is 20.5. The van der Waals surface area contributed by atoms with Crippen LogP contribution in [0, 0.1) is 0 Å². The molecule has 0 rings (SSSR count). The van der Waals surface area contributed by atoms with Crippen molar-refractivity contribution in [2.24, 2.45) is 0 Å². The zero-order valence-corrected chi connectivity index (χ0v) is 15.0. The molecule has 0 aromatic heterocycles. The van der Waals surface area contributed by atoms with Gasteiger partial charge in [0.05, 0.1) is 6.61 Å². The smallest absolute Gasteiger partial charge is 0.377 e. The number of ketones is 1. The van der Waals surface area contributed by atoms with Gasteiger partial charge < -0.3 is 18.0 Å². The molecule has 0 aliphatic rings. The monoisotopic (exact) mass is 318 g/mol. The van der Waals surface area contributed by atoms with Gasteiger partial charge in [-0.2, -0.15) is 0 Å². The first-order valence-electron chi connectivity index (χ1n) is 7.65. The number of carbonyl (C=O) groups excluding carboxylic acids is 1. The third-order valence-corrected chi connectivity index (χ3v) is 5.97. The van der Waals surface area contributed by atoms with Crippen LogP contribution in [0.3, 0.4) is 0 Å². The molecule has 1 unspecified atom stereocenters. The van der Waals surface area contributed by atoms with E-state index in [0.717, 1.165) is 25.7 Å². The Morgan fingerprint density at radius 3 is 2.29 bits per heavy atom. The number of hydrogen-bond donors (Lipinski definition) is 0. The molecule has 0 aromatic carbocycles. The molecule has 0 N–H and O–H groups in total. The van der Waals surface area contributed by atoms with Gasteiger partial charge in [-0.25, -0.2) is 0 Å². The number of rotatable bonds is 13. The van der Waals surface area contributed by atoms with Crippen molar-refractivity contribution in [1.82, 2.24) is 0 Å². The van der Waals surface area contributed by atoms with E-state index >= 15 is 0 Å². The summed E-state index contributed by atoms with van der Waals surface area (Å²) in [7, 11) is 0.264. The largest absolute Gasteiger partial charge is 0.502 e. The van der Waals surface area contributed by atoms with Crippen molar-refractivity contribution in [3.05, 3.63) is 12.2 Å². The van der Waals surface area contributed by atoms with E-state index in [1.807, 2.05) is 6.92 Å². The van der Waals surface area contributed by atoms with Gasteiger partial charge in [-0.05, 0) is 19.4 Å². The molecule has 0 spiro atoms. The lowest BCUT2D eigenvalue weighted by atomic mass is 10.3. The Bertz CT molecular complexity index is 302. The minimum absolute atomic E-state index is 0.212. The van der Waals surface area contributed by atoms with Crippen molar-refractivity contribution in [1.29, 1.82) is 0 Å². The summed E-state index contributed by atoms with van der Waals surface area (Å²) >= 11 is 0. The number of ether oxygens (including phenoxy) is 1. The first-order valence-corrected chi connectivity index (χ1v) is 9.58. The second-order valence-electron chi connectivity index (χ2n) is 4.77. The predicted molar refractivity (Wildman–Crippen MR) is 85.0 cm³/mol. The van der Waals surface area contributed by atoms with E-state index in [-0.39, 0.29) is 5.78 Å². The van der Waals surface area contributed by atoms with E-state index in [1.165, 1.54) is 6.08 Å². The van der Waals surface area contributed by atoms with E-state index in [1.54, 1.807) is 27.2 Å². The highest BCUT2D eigenvalue weighted by Crippen LogP contribution is 2.19. The molecular formula is C15H30O5Si. The summed E-state index contributed by atoms with van der Waals surface area (Å²) in [5.74, 6) is -0.212. The van der Waals surface area contributed by atoms with Gasteiger partial charge >= 0.3 is 8.80 Å². The molecule has 0 aliphatic carbocycles. The van der Waals surface area contributed by atoms with Crippen LogP contribution >= 0.6 is 0 Å². The van der Waals surface area contributed by atoms with Crippen molar-refractivity contribution in [2.75, 3.05) is 20.8 Å². The van der Waals surface area contributed by atoms with Gasteiger partial charge in [-0.15, -0.1) is 0 Å². The molecule has 0 bridgehead atoms. The third-order valence-electron chi connectivity index (χ3n) is 3.05. The van der Waals surface area contributed by atoms with Crippen LogP contribution in [0.4, 0.5) is 0 Å². The van der Waals surface area contributed by atoms with Gasteiger partial charge in [0.2, 0.25) is 12.1 Å². The zero-order valence-electron chi connectivity index (χ0n) is 14.0. The lowest BCUT2D eigenvalue weighted by Crippen LogP contribution is -2.49. The minimum atomic E-state index is -2.85. The van der Waals surface area contributed by atoms with Gasteiger partial charge in [-0.1, -0.05) is 39.2 Å². The van der Waals surface area contributed by atoms with Gasteiger partial charge in [0.25, 0.3) is 0 Å². The molecule has 21 heavy (non-hydrogen) atoms. The summed E-state index contributed by atoms with van der Waals surface area (Å²) in [6, 6.07) is 0.651. The third kappa shape index (κ3) is 7.87. The Morgan fingerprint density at radius 2 is 1.81 bits per heavy atom. The predicted octanol–water partition coefficient (Wildman–Crippen LogP) is 3.32. The fraction of sp³-hybridized carbons (Fsp3) is 0.800. The SMILES string of the molecule is CC=CC(=O)C(OCCCCC)O[Si](CCC)(OC)OC. The normalized spacial score (nSPS) is 13.8. The van der Waals surface area contributed by atoms with Crippen LogP contribution in [0.2, 0.25) is 6.04 Å². The van der Waals surface area contributed by atoms with Crippen molar-refractivity contribution in [3.8, 4) is 0 Å². The summed E-state index contributed by atoms with van der Waals surface area (Å²) in [6.45, 7) is 6.42. The average Bonchev–Trinajstić information content (AvgIpc) is 2.49. The molecular weight excluding hydrogens is 288 g/mol. The van der Waals surface area contributed by atoms with Crippen molar-refractivity contribution in [2.45, 2.75) is 58.8 Å². The number of unbranched alkanes of at least 4 members (excludes halogenated alkanes) is 2. The van der Waals surface area contributed by atoms with E-state index in [9.17, 15) is 4.79 Å². The van der Waals surface area contributed by atoms with Crippen molar-refractivity contribution >= 4 is 14.6 Å². The molecule has 1 atom stereocenters. The lowest BCUT2D eigenvalue weighted by Gasteiger charge is -2.29. The van der Waals surface area contributed by atoms with Gasteiger partial charge in [0.1, 0.15) is 0 Å². The summed E-state index contributed by atoms with van der Waals surface area (Å²) in [5, 5.41) is 0. The van der Waals surface area contributed by atoms with Crippen LogP contribution in [-0.4, -0.2) is 41.7 Å². The minimum Gasteiger partial charge on any atom is -0.377 e. The van der Waals surface area contributed by atoms with Crippen molar-refractivity contribution < 1.29 is 22.8 Å². The molecule has 0 saturated heterocycles. The molecule has 0 fully saturated rings. The highest BCUT2D eigenvalue weighted by Gasteiger charge is 2.42. The van der Waals surface area contributed by atoms with Crippen molar-refractivity contribution in [3.63, 3.8) is 0 Å². The maximum absolute atomic E-state index is 12.1. The summed E-state index contributed by atoms with van der Waals surface area (Å²) < 4.78 is 22.4. The van der Waals surface area contributed by atoms with Crippen LogP contribution in [0.25, 0.3) is 0 Å². The fourth-order valence-electron chi connectivity index (χ4n) is 1.87. The molecule has 0 aliphatic heterocycles. The molecule has 124 valence electrons. The number of carbonyl (C=O) groups is 1. The topological polar surface area (TPSA) is 54.0 Å². The summed E-state index contributed by atoms with van der Waals surface area (Å²) in [4.78, 5) is 12.1. The van der Waals surface area contributed by atoms with Crippen LogP contribution in [0.1, 0.15) is 46.5 Å². The Balaban J connectivity index is 4.80. The van der Waals surface area contributed by atoms with E-state index in [0.29, 0.717) is 12.7 Å². The second kappa shape index (κ2) is 12.1.